The minimum absolute atomic E-state index is 0.360. The third-order valence-electron chi connectivity index (χ3n) is 0.490. The van der Waals surface area contributed by atoms with Gasteiger partial charge in [0, 0.05) is 0 Å². The zero-order valence-corrected chi connectivity index (χ0v) is 40.6. The van der Waals surface area contributed by atoms with Gasteiger partial charge in [0.25, 0.3) is 0 Å². The summed E-state index contributed by atoms with van der Waals surface area (Å²) in [5.41, 5.74) is 0. The summed E-state index contributed by atoms with van der Waals surface area (Å²) in [6.45, 7) is 0. The van der Waals surface area contributed by atoms with Crippen LogP contribution in [0.1, 0.15) is 0 Å². The summed E-state index contributed by atoms with van der Waals surface area (Å²) in [6, 6.07) is 0. The van der Waals surface area contributed by atoms with Crippen molar-refractivity contribution in [2.24, 2.45) is 0 Å². The van der Waals surface area contributed by atoms with Crippen molar-refractivity contribution in [2.45, 2.75) is 0 Å². The first-order chi connectivity index (χ1) is 7.20. The van der Waals surface area contributed by atoms with Crippen LogP contribution < -0.4 is 0 Å². The Balaban J connectivity index is 4.48. The van der Waals surface area contributed by atoms with Crippen LogP contribution in [0.3, 0.4) is 0 Å². The van der Waals surface area contributed by atoms with Crippen LogP contribution in [-0.4, -0.2) is 0 Å². The normalized spacial score (nSPS) is 17.4. The molecule has 0 unspecified atom stereocenters. The van der Waals surface area contributed by atoms with Gasteiger partial charge in [-0.2, -0.15) is 0 Å². The molecule has 0 heterocycles. The van der Waals surface area contributed by atoms with Crippen LogP contribution in [0.25, 0.3) is 0 Å². The van der Waals surface area contributed by atoms with Gasteiger partial charge in [-0.3, -0.25) is 0 Å². The van der Waals surface area contributed by atoms with Crippen LogP contribution in [0.15, 0.2) is 0 Å². The molecular weight excluding hydrogens is 2030 g/mol. The molecular formula is I16. The van der Waals surface area contributed by atoms with E-state index in [1.54, 1.807) is 0 Å². The van der Waals surface area contributed by atoms with Crippen molar-refractivity contribution in [2.75, 3.05) is 0 Å². The molecule has 0 N–H and O–H groups in total. The Kier molecular flexibility index (Phi) is 28.5. The van der Waals surface area contributed by atoms with Crippen molar-refractivity contribution < 1.29 is 0 Å². The Hall–Kier alpha value is 11.7. The molecule has 0 aliphatic heterocycles. The fraction of sp³-hybridized carbons (Fsp3) is 0. The van der Waals surface area contributed by atoms with Gasteiger partial charge in [0.15, 0.2) is 0 Å². The fourth-order valence-corrected chi connectivity index (χ4v) is 2100. The molecule has 0 aromatic rings. The molecule has 16 heteroatoms. The second kappa shape index (κ2) is 16.5. The first-order valence-corrected chi connectivity index (χ1v) is 96.4. The van der Waals surface area contributed by atoms with Crippen molar-refractivity contribution in [3.05, 3.63) is 0 Å². The molecule has 0 saturated carbocycles. The molecule has 0 atom stereocenters. The summed E-state index contributed by atoms with van der Waals surface area (Å²) in [4.78, 5) is 0. The van der Waals surface area contributed by atoms with Crippen LogP contribution in [-0.2, 0) is 0 Å². The van der Waals surface area contributed by atoms with Gasteiger partial charge < -0.3 is 0 Å². The van der Waals surface area contributed by atoms with Crippen molar-refractivity contribution >= 4 is 223 Å². The van der Waals surface area contributed by atoms with E-state index < -0.39 is 15.8 Å². The molecule has 0 bridgehead atoms. The SMILES string of the molecule is II(I)I(I)I(I)I(I)I(I)I(I)I(I)I. The van der Waals surface area contributed by atoms with Gasteiger partial charge in [-0.25, -0.2) is 0 Å². The fourth-order valence-electron chi connectivity index (χ4n) is 0.154. The van der Waals surface area contributed by atoms with Gasteiger partial charge in [-0.05, 0) is 0 Å². The molecule has 0 amide bonds. The summed E-state index contributed by atoms with van der Waals surface area (Å²) in [5.74, 6) is 0. The van der Waals surface area contributed by atoms with Crippen LogP contribution in [0.2, 0.25) is 0 Å². The maximum atomic E-state index is 3.08. The van der Waals surface area contributed by atoms with Crippen LogP contribution in [0, 0.1) is 0 Å². The van der Waals surface area contributed by atoms with E-state index in [1.807, 2.05) is 0 Å². The summed E-state index contributed by atoms with van der Waals surface area (Å²) in [7, 11) is -2.63. The van der Waals surface area contributed by atoms with Gasteiger partial charge >= 0.3 is 223 Å². The number of halogens is 16. The zero-order chi connectivity index (χ0) is 13.0. The average molecular weight is 2030 g/mol. The monoisotopic (exact) mass is 2030 g/mol. The molecule has 0 fully saturated rings. The first-order valence-electron chi connectivity index (χ1n) is 2.14. The predicted octanol–water partition coefficient (Wildman–Crippen LogP) is 14.2. The van der Waals surface area contributed by atoms with Gasteiger partial charge in [-0.1, -0.05) is 0 Å². The van der Waals surface area contributed by atoms with Crippen molar-refractivity contribution in [1.82, 2.24) is 0 Å². The molecule has 0 aliphatic rings. The minimum atomic E-state index is -0.414. The molecule has 112 valence electrons. The zero-order valence-electron chi connectivity index (χ0n) is 6.05. The Morgan fingerprint density at radius 3 is 0.688 bits per heavy atom. The summed E-state index contributed by atoms with van der Waals surface area (Å²) in [6.07, 6.45) is 0. The summed E-state index contributed by atoms with van der Waals surface area (Å²) < 4.78 is 0. The molecule has 0 aromatic carbocycles. The first kappa shape index (κ1) is 27.7. The van der Waals surface area contributed by atoms with Gasteiger partial charge in [0.2, 0.25) is 0 Å². The molecule has 0 aromatic heterocycles. The van der Waals surface area contributed by atoms with Crippen LogP contribution in [0.5, 0.6) is 0 Å². The van der Waals surface area contributed by atoms with Gasteiger partial charge in [-0.15, -0.1) is 0 Å². The Morgan fingerprint density at radius 2 is 0.500 bits per heavy atom. The average Bonchev–Trinajstić information content (AvgIpc) is 2.23. The van der Waals surface area contributed by atoms with E-state index in [9.17, 15) is 0 Å². The van der Waals surface area contributed by atoms with E-state index in [2.05, 4.69) is 168 Å². The van der Waals surface area contributed by atoms with E-state index in [1.165, 1.54) is 0 Å². The van der Waals surface area contributed by atoms with Crippen molar-refractivity contribution in [3.63, 3.8) is 0 Å². The van der Waals surface area contributed by atoms with E-state index in [0.29, 0.717) is 0 Å². The van der Waals surface area contributed by atoms with E-state index in [4.69, 9.17) is 0 Å². The standard InChI is InChI=1S/I16/c1-10(2)12(5)14(7)16(9)15(8)13(6)11(3)4. The quantitative estimate of drug-likeness (QED) is 0.233. The van der Waals surface area contributed by atoms with Gasteiger partial charge in [0.05, 0.1) is 0 Å². The summed E-state index contributed by atoms with van der Waals surface area (Å²) in [5, 5.41) is 0. The molecule has 0 saturated heterocycles. The molecule has 0 rings (SSSR count). The molecule has 0 aliphatic carbocycles. The van der Waals surface area contributed by atoms with E-state index >= 15 is 0 Å². The third kappa shape index (κ3) is 12.3. The Bertz CT molecular complexity index is 160. The number of rotatable bonds is 6. The van der Waals surface area contributed by atoms with Crippen molar-refractivity contribution in [1.29, 1.82) is 0 Å². The molecule has 0 radical (unpaired) electrons. The van der Waals surface area contributed by atoms with Crippen LogP contribution in [0.4, 0.5) is 0 Å². The second-order valence-corrected chi connectivity index (χ2v) is 342. The van der Waals surface area contributed by atoms with E-state index in [0.717, 1.165) is 0 Å². The Morgan fingerprint density at radius 1 is 0.312 bits per heavy atom. The Labute approximate surface area is 211 Å². The third-order valence-corrected chi connectivity index (χ3v) is 992. The summed E-state index contributed by atoms with van der Waals surface area (Å²) >= 11 is 26.7. The molecule has 0 spiro atoms. The van der Waals surface area contributed by atoms with Gasteiger partial charge in [0.1, 0.15) is 0 Å². The number of hydrogen-bond donors (Lipinski definition) is 0. The molecule has 16 heavy (non-hydrogen) atoms. The second-order valence-electron chi connectivity index (χ2n) is 1.13. The van der Waals surface area contributed by atoms with Crippen molar-refractivity contribution in [3.8, 4) is 0 Å². The van der Waals surface area contributed by atoms with Crippen LogP contribution >= 0.6 is 223 Å². The topological polar surface area (TPSA) is 0 Å². The predicted molar refractivity (Wildman–Crippen MR) is 224 cm³/mol. The number of hydrogen-bond acceptors (Lipinski definition) is 0. The molecule has 0 nitrogen and oxygen atoms in total. The maximum absolute atomic E-state index is 3.08. The van der Waals surface area contributed by atoms with E-state index in [-0.39, 0.29) is 39.5 Å².